The van der Waals surface area contributed by atoms with Crippen LogP contribution >= 0.6 is 0 Å². The molecular formula is C12H9N3O2. The first-order chi connectivity index (χ1) is 8.40. The summed E-state index contributed by atoms with van der Waals surface area (Å²) in [5.74, 6) is 0.0833. The first-order valence-corrected chi connectivity index (χ1v) is 4.91. The Balaban J connectivity index is 0.000000136. The highest BCUT2D eigenvalue weighted by atomic mass is 16.5. The monoisotopic (exact) mass is 227 g/mol. The topological polar surface area (TPSA) is 68.9 Å². The molecule has 0 amide bonds. The van der Waals surface area contributed by atoms with Crippen LogP contribution in [0.5, 0.6) is 0 Å². The lowest BCUT2D eigenvalue weighted by atomic mass is 10.2. The number of fused-ring (bicyclic) bond motifs is 1. The van der Waals surface area contributed by atoms with Crippen molar-refractivity contribution in [3.05, 3.63) is 54.8 Å². The molecule has 5 heteroatoms. The Morgan fingerprint density at radius 3 is 2.53 bits per heavy atom. The van der Waals surface area contributed by atoms with E-state index in [1.165, 1.54) is 5.39 Å². The Morgan fingerprint density at radius 2 is 1.88 bits per heavy atom. The van der Waals surface area contributed by atoms with Gasteiger partial charge in [0.05, 0.1) is 5.52 Å². The van der Waals surface area contributed by atoms with Crippen LogP contribution in [0.3, 0.4) is 0 Å². The Morgan fingerprint density at radius 1 is 1.06 bits per heavy atom. The number of hydrogen-bond donors (Lipinski definition) is 0. The van der Waals surface area contributed by atoms with E-state index in [4.69, 9.17) is 0 Å². The lowest BCUT2D eigenvalue weighted by Crippen LogP contribution is -1.78. The summed E-state index contributed by atoms with van der Waals surface area (Å²) in [7, 11) is 0. The van der Waals surface area contributed by atoms with E-state index in [0.29, 0.717) is 6.29 Å². The molecule has 0 spiro atoms. The number of aromatic nitrogens is 3. The SMILES string of the molecule is O=Cc1ncon1.c1ccc2ncccc2c1. The van der Waals surface area contributed by atoms with Gasteiger partial charge in [-0.3, -0.25) is 9.78 Å². The second-order valence-electron chi connectivity index (χ2n) is 3.10. The minimum atomic E-state index is 0.0833. The van der Waals surface area contributed by atoms with E-state index in [2.05, 4.69) is 31.8 Å². The van der Waals surface area contributed by atoms with Crippen molar-refractivity contribution >= 4 is 17.2 Å². The number of aldehydes is 1. The molecule has 0 radical (unpaired) electrons. The van der Waals surface area contributed by atoms with E-state index >= 15 is 0 Å². The number of hydrogen-bond acceptors (Lipinski definition) is 5. The Kier molecular flexibility index (Phi) is 3.54. The lowest BCUT2D eigenvalue weighted by molar-refractivity contribution is 0.111. The number of pyridine rings is 1. The predicted octanol–water partition coefficient (Wildman–Crippen LogP) is 2.12. The van der Waals surface area contributed by atoms with E-state index in [1.807, 2.05) is 30.5 Å². The molecule has 2 aromatic heterocycles. The zero-order valence-corrected chi connectivity index (χ0v) is 8.85. The molecule has 0 saturated heterocycles. The molecule has 5 nitrogen and oxygen atoms in total. The van der Waals surface area contributed by atoms with E-state index in [-0.39, 0.29) is 5.82 Å². The fourth-order valence-corrected chi connectivity index (χ4v) is 1.25. The number of carbonyl (C=O) groups excluding carboxylic acids is 1. The Bertz CT molecular complexity index is 528. The maximum Gasteiger partial charge on any atom is 0.235 e. The molecule has 0 fully saturated rings. The van der Waals surface area contributed by atoms with Gasteiger partial charge in [-0.25, -0.2) is 0 Å². The summed E-state index contributed by atoms with van der Waals surface area (Å²) in [6.45, 7) is 0. The van der Waals surface area contributed by atoms with Gasteiger partial charge in [0.2, 0.25) is 12.2 Å². The summed E-state index contributed by atoms with van der Waals surface area (Å²) in [4.78, 5) is 17.3. The molecule has 0 aliphatic heterocycles. The van der Waals surface area contributed by atoms with Crippen molar-refractivity contribution in [1.29, 1.82) is 0 Å². The van der Waals surface area contributed by atoms with E-state index < -0.39 is 0 Å². The van der Waals surface area contributed by atoms with Crippen molar-refractivity contribution in [2.45, 2.75) is 0 Å². The molecule has 0 saturated carbocycles. The van der Waals surface area contributed by atoms with Gasteiger partial charge < -0.3 is 4.52 Å². The minimum absolute atomic E-state index is 0.0833. The summed E-state index contributed by atoms with van der Waals surface area (Å²) >= 11 is 0. The molecule has 0 aliphatic rings. The van der Waals surface area contributed by atoms with Crippen molar-refractivity contribution < 1.29 is 9.32 Å². The predicted molar refractivity (Wildman–Crippen MR) is 61.4 cm³/mol. The summed E-state index contributed by atoms with van der Waals surface area (Å²) in [5.41, 5.74) is 1.06. The van der Waals surface area contributed by atoms with Crippen LogP contribution in [0.4, 0.5) is 0 Å². The van der Waals surface area contributed by atoms with Gasteiger partial charge in [0.25, 0.3) is 0 Å². The van der Waals surface area contributed by atoms with Crippen LogP contribution in [0.15, 0.2) is 53.5 Å². The quantitative estimate of drug-likeness (QED) is 0.595. The molecule has 17 heavy (non-hydrogen) atoms. The minimum Gasteiger partial charge on any atom is -0.342 e. The summed E-state index contributed by atoms with van der Waals surface area (Å²) in [6.07, 6.45) is 3.43. The van der Waals surface area contributed by atoms with E-state index in [0.717, 1.165) is 11.9 Å². The zero-order valence-electron chi connectivity index (χ0n) is 8.85. The van der Waals surface area contributed by atoms with Crippen molar-refractivity contribution in [2.75, 3.05) is 0 Å². The number of rotatable bonds is 1. The van der Waals surface area contributed by atoms with Crippen LogP contribution in [0, 0.1) is 0 Å². The first kappa shape index (κ1) is 10.9. The van der Waals surface area contributed by atoms with Gasteiger partial charge in [-0.1, -0.05) is 29.4 Å². The normalized spacial score (nSPS) is 9.41. The third kappa shape index (κ3) is 2.94. The third-order valence-electron chi connectivity index (χ3n) is 2.00. The standard InChI is InChI=1S/C9H7N.C3H2N2O2/c1-2-6-9-8(4-1)5-3-7-10-9;6-1-3-4-2-7-5-3/h1-7H;1-2H. The van der Waals surface area contributed by atoms with Crippen LogP contribution in [0.25, 0.3) is 10.9 Å². The van der Waals surface area contributed by atoms with Crippen molar-refractivity contribution in [1.82, 2.24) is 15.1 Å². The Labute approximate surface area is 97.1 Å². The van der Waals surface area contributed by atoms with Crippen molar-refractivity contribution in [2.24, 2.45) is 0 Å². The molecule has 0 N–H and O–H groups in total. The molecule has 3 aromatic rings. The molecule has 1 aromatic carbocycles. The highest BCUT2D eigenvalue weighted by Gasteiger charge is 1.88. The van der Waals surface area contributed by atoms with Gasteiger partial charge in [-0.15, -0.1) is 0 Å². The lowest BCUT2D eigenvalue weighted by Gasteiger charge is -1.91. The number of carbonyl (C=O) groups is 1. The second kappa shape index (κ2) is 5.50. The first-order valence-electron chi connectivity index (χ1n) is 4.91. The van der Waals surface area contributed by atoms with E-state index in [9.17, 15) is 4.79 Å². The zero-order chi connectivity index (χ0) is 11.9. The van der Waals surface area contributed by atoms with Gasteiger partial charge in [-0.05, 0) is 12.1 Å². The highest BCUT2D eigenvalue weighted by molar-refractivity contribution is 5.77. The fourth-order valence-electron chi connectivity index (χ4n) is 1.25. The van der Waals surface area contributed by atoms with Crippen LogP contribution in [-0.4, -0.2) is 21.4 Å². The molecule has 0 unspecified atom stereocenters. The summed E-state index contributed by atoms with van der Waals surface area (Å²) in [5, 5.41) is 4.38. The van der Waals surface area contributed by atoms with Gasteiger partial charge in [-0.2, -0.15) is 4.98 Å². The molecule has 2 heterocycles. The summed E-state index contributed by atoms with van der Waals surface area (Å²) < 4.78 is 4.21. The second-order valence-corrected chi connectivity index (χ2v) is 3.10. The maximum atomic E-state index is 9.68. The third-order valence-corrected chi connectivity index (χ3v) is 2.00. The summed E-state index contributed by atoms with van der Waals surface area (Å²) in [6, 6.07) is 12.1. The van der Waals surface area contributed by atoms with Crippen LogP contribution in [-0.2, 0) is 0 Å². The Hall–Kier alpha value is -2.56. The van der Waals surface area contributed by atoms with Gasteiger partial charge in [0, 0.05) is 11.6 Å². The average Bonchev–Trinajstić information content (AvgIpc) is 2.93. The number of benzene rings is 1. The van der Waals surface area contributed by atoms with Gasteiger partial charge in [0.1, 0.15) is 0 Å². The molecule has 0 bridgehead atoms. The average molecular weight is 227 g/mol. The van der Waals surface area contributed by atoms with Crippen molar-refractivity contribution in [3.8, 4) is 0 Å². The largest absolute Gasteiger partial charge is 0.342 e. The van der Waals surface area contributed by atoms with Crippen LogP contribution in [0.1, 0.15) is 10.6 Å². The van der Waals surface area contributed by atoms with Gasteiger partial charge >= 0.3 is 0 Å². The van der Waals surface area contributed by atoms with Crippen LogP contribution in [0.2, 0.25) is 0 Å². The number of nitrogens with zero attached hydrogens (tertiary/aromatic N) is 3. The highest BCUT2D eigenvalue weighted by Crippen LogP contribution is 2.07. The maximum absolute atomic E-state index is 9.68. The molecule has 0 atom stereocenters. The molecule has 3 rings (SSSR count). The molecular weight excluding hydrogens is 218 g/mol. The van der Waals surface area contributed by atoms with Crippen LogP contribution < -0.4 is 0 Å². The molecule has 84 valence electrons. The smallest absolute Gasteiger partial charge is 0.235 e. The van der Waals surface area contributed by atoms with Gasteiger partial charge in [0.15, 0.2) is 6.29 Å². The molecule has 0 aliphatic carbocycles. The number of para-hydroxylation sites is 1. The van der Waals surface area contributed by atoms with E-state index in [1.54, 1.807) is 0 Å². The van der Waals surface area contributed by atoms with Crippen molar-refractivity contribution in [3.63, 3.8) is 0 Å². The fraction of sp³-hybridized carbons (Fsp3) is 0.